The smallest absolute Gasteiger partial charge is 0.434 e. The quantitative estimate of drug-likeness (QED) is 0.478. The zero-order valence-corrected chi connectivity index (χ0v) is 13.6. The Morgan fingerprint density at radius 1 is 1.05 bits per heavy atom. The van der Waals surface area contributed by atoms with Crippen molar-refractivity contribution in [3.05, 3.63) is 12.3 Å². The van der Waals surface area contributed by atoms with E-state index in [9.17, 15) is 4.79 Å². The Bertz CT molecular complexity index is 320. The van der Waals surface area contributed by atoms with Gasteiger partial charge in [0.05, 0.1) is 24.4 Å². The van der Waals surface area contributed by atoms with Gasteiger partial charge in [0.1, 0.15) is 5.76 Å². The van der Waals surface area contributed by atoms with E-state index in [1.807, 2.05) is 27.7 Å². The topological polar surface area (TPSA) is 54.0 Å². The molecule has 0 rings (SSSR count). The molecule has 0 saturated carbocycles. The molecule has 0 aliphatic carbocycles. The summed E-state index contributed by atoms with van der Waals surface area (Å²) >= 11 is 0. The average molecular weight is 288 g/mol. The molecule has 0 aliphatic rings. The van der Waals surface area contributed by atoms with E-state index >= 15 is 0 Å². The van der Waals surface area contributed by atoms with Crippen LogP contribution < -0.4 is 0 Å². The van der Waals surface area contributed by atoms with Crippen LogP contribution in [0.15, 0.2) is 12.3 Å². The van der Waals surface area contributed by atoms with Crippen LogP contribution in [0.25, 0.3) is 0 Å². The van der Waals surface area contributed by atoms with Gasteiger partial charge in [-0.15, -0.1) is 0 Å². The highest BCUT2D eigenvalue weighted by Gasteiger charge is 2.22. The summed E-state index contributed by atoms with van der Waals surface area (Å²) in [5.74, 6) is 0.312. The lowest BCUT2D eigenvalue weighted by Crippen LogP contribution is -2.31. The second-order valence-corrected chi connectivity index (χ2v) is 5.97. The molecule has 5 heteroatoms. The van der Waals surface area contributed by atoms with Crippen LogP contribution in [0.4, 0.5) is 4.79 Å². The molecule has 0 aromatic rings. The zero-order chi connectivity index (χ0) is 15.8. The van der Waals surface area contributed by atoms with E-state index in [0.717, 1.165) is 6.42 Å². The van der Waals surface area contributed by atoms with Crippen molar-refractivity contribution in [2.75, 3.05) is 20.3 Å². The van der Waals surface area contributed by atoms with Gasteiger partial charge < -0.3 is 18.9 Å². The highest BCUT2D eigenvalue weighted by atomic mass is 16.7. The number of carbonyl (C=O) groups is 1. The SMILES string of the molecule is C=C(C)OC(=O)OCCC(C)(C)OCCC(C)(C)OC. The van der Waals surface area contributed by atoms with Gasteiger partial charge in [-0.2, -0.15) is 0 Å². The fourth-order valence-electron chi connectivity index (χ4n) is 1.30. The average Bonchev–Trinajstić information content (AvgIpc) is 2.27. The van der Waals surface area contributed by atoms with E-state index in [4.69, 9.17) is 18.9 Å². The van der Waals surface area contributed by atoms with Crippen molar-refractivity contribution in [2.45, 2.75) is 58.7 Å². The first kappa shape index (κ1) is 18.9. The van der Waals surface area contributed by atoms with Crippen molar-refractivity contribution in [3.63, 3.8) is 0 Å². The predicted molar refractivity (Wildman–Crippen MR) is 77.6 cm³/mol. The number of hydrogen-bond acceptors (Lipinski definition) is 5. The van der Waals surface area contributed by atoms with E-state index < -0.39 is 6.16 Å². The van der Waals surface area contributed by atoms with Gasteiger partial charge in [0.25, 0.3) is 0 Å². The first-order chi connectivity index (χ1) is 9.08. The lowest BCUT2D eigenvalue weighted by molar-refractivity contribution is -0.0676. The van der Waals surface area contributed by atoms with Crippen LogP contribution in [0, 0.1) is 0 Å². The number of carbonyl (C=O) groups excluding carboxylic acids is 1. The van der Waals surface area contributed by atoms with Crippen LogP contribution in [0.5, 0.6) is 0 Å². The van der Waals surface area contributed by atoms with Crippen LogP contribution in [0.1, 0.15) is 47.5 Å². The van der Waals surface area contributed by atoms with Crippen molar-refractivity contribution in [2.24, 2.45) is 0 Å². The predicted octanol–water partition coefficient (Wildman–Crippen LogP) is 3.67. The molecule has 0 atom stereocenters. The summed E-state index contributed by atoms with van der Waals surface area (Å²) in [5.41, 5.74) is -0.564. The summed E-state index contributed by atoms with van der Waals surface area (Å²) in [5, 5.41) is 0. The van der Waals surface area contributed by atoms with Crippen LogP contribution in [0.3, 0.4) is 0 Å². The molecule has 20 heavy (non-hydrogen) atoms. The molecule has 0 heterocycles. The van der Waals surface area contributed by atoms with Crippen LogP contribution in [-0.4, -0.2) is 37.7 Å². The maximum absolute atomic E-state index is 11.2. The summed E-state index contributed by atoms with van der Waals surface area (Å²) in [6, 6.07) is 0. The van der Waals surface area contributed by atoms with Crippen LogP contribution in [-0.2, 0) is 18.9 Å². The lowest BCUT2D eigenvalue weighted by atomic mass is 10.0. The van der Waals surface area contributed by atoms with Crippen LogP contribution in [0.2, 0.25) is 0 Å². The summed E-state index contributed by atoms with van der Waals surface area (Å²) in [6.45, 7) is 13.8. The number of methoxy groups -OCH3 is 1. The van der Waals surface area contributed by atoms with Gasteiger partial charge in [-0.1, -0.05) is 6.58 Å². The highest BCUT2D eigenvalue weighted by Crippen LogP contribution is 2.19. The van der Waals surface area contributed by atoms with Crippen molar-refractivity contribution in [1.82, 2.24) is 0 Å². The normalized spacial score (nSPS) is 12.1. The fraction of sp³-hybridized carbons (Fsp3) is 0.800. The zero-order valence-electron chi connectivity index (χ0n) is 13.6. The Balaban J connectivity index is 3.90. The number of hydrogen-bond donors (Lipinski definition) is 0. The summed E-state index contributed by atoms with van der Waals surface area (Å²) in [6.07, 6.45) is 0.658. The minimum absolute atomic E-state index is 0.197. The van der Waals surface area contributed by atoms with E-state index in [-0.39, 0.29) is 17.8 Å². The monoisotopic (exact) mass is 288 g/mol. The Kier molecular flexibility index (Phi) is 7.83. The lowest BCUT2D eigenvalue weighted by Gasteiger charge is -2.28. The maximum atomic E-state index is 11.2. The van der Waals surface area contributed by atoms with E-state index in [1.54, 1.807) is 14.0 Å². The molecule has 0 N–H and O–H groups in total. The third kappa shape index (κ3) is 9.81. The molecule has 0 saturated heterocycles. The van der Waals surface area contributed by atoms with Gasteiger partial charge in [-0.25, -0.2) is 4.79 Å². The molecular weight excluding hydrogens is 260 g/mol. The number of rotatable bonds is 9. The summed E-state index contributed by atoms with van der Waals surface area (Å²) in [4.78, 5) is 11.2. The largest absolute Gasteiger partial charge is 0.513 e. The molecule has 0 spiro atoms. The van der Waals surface area contributed by atoms with Crippen molar-refractivity contribution < 1.29 is 23.7 Å². The van der Waals surface area contributed by atoms with Gasteiger partial charge >= 0.3 is 6.16 Å². The van der Waals surface area contributed by atoms with E-state index in [0.29, 0.717) is 18.8 Å². The van der Waals surface area contributed by atoms with Gasteiger partial charge in [0.2, 0.25) is 0 Å². The standard InChI is InChI=1S/C15H28O5/c1-12(2)20-13(16)18-10-8-15(5,6)19-11-9-14(3,4)17-7/h1,8-11H2,2-7H3. The van der Waals surface area contributed by atoms with E-state index in [1.165, 1.54) is 0 Å². The molecule has 0 bridgehead atoms. The first-order valence-corrected chi connectivity index (χ1v) is 6.77. The first-order valence-electron chi connectivity index (χ1n) is 6.77. The van der Waals surface area contributed by atoms with Gasteiger partial charge in [0.15, 0.2) is 0 Å². The molecule has 0 amide bonds. The molecule has 0 radical (unpaired) electrons. The highest BCUT2D eigenvalue weighted by molar-refractivity contribution is 5.61. The van der Waals surface area contributed by atoms with Crippen LogP contribution >= 0.6 is 0 Å². The third-order valence-corrected chi connectivity index (χ3v) is 2.93. The number of ether oxygens (including phenoxy) is 4. The Morgan fingerprint density at radius 2 is 1.60 bits per heavy atom. The molecular formula is C15H28O5. The molecule has 0 unspecified atom stereocenters. The van der Waals surface area contributed by atoms with Crippen molar-refractivity contribution in [1.29, 1.82) is 0 Å². The Hall–Kier alpha value is -1.07. The van der Waals surface area contributed by atoms with Crippen molar-refractivity contribution >= 4 is 6.16 Å². The summed E-state index contributed by atoms with van der Waals surface area (Å²) < 4.78 is 20.8. The molecule has 118 valence electrons. The molecule has 0 aliphatic heterocycles. The second-order valence-electron chi connectivity index (χ2n) is 5.97. The summed E-state index contributed by atoms with van der Waals surface area (Å²) in [7, 11) is 1.69. The Morgan fingerprint density at radius 3 is 2.10 bits per heavy atom. The maximum Gasteiger partial charge on any atom is 0.513 e. The molecule has 0 fully saturated rings. The minimum Gasteiger partial charge on any atom is -0.434 e. The minimum atomic E-state index is -0.728. The van der Waals surface area contributed by atoms with Crippen molar-refractivity contribution in [3.8, 4) is 0 Å². The molecule has 0 aromatic carbocycles. The molecule has 5 nitrogen and oxygen atoms in total. The van der Waals surface area contributed by atoms with Gasteiger partial charge in [-0.05, 0) is 41.0 Å². The Labute approximate surface area is 122 Å². The van der Waals surface area contributed by atoms with E-state index in [2.05, 4.69) is 6.58 Å². The second kappa shape index (κ2) is 8.27. The third-order valence-electron chi connectivity index (χ3n) is 2.93. The molecule has 0 aromatic heterocycles. The van der Waals surface area contributed by atoms with Gasteiger partial charge in [-0.3, -0.25) is 0 Å². The fourth-order valence-corrected chi connectivity index (χ4v) is 1.30. The number of allylic oxidation sites excluding steroid dienone is 1. The van der Waals surface area contributed by atoms with Gasteiger partial charge in [0, 0.05) is 13.5 Å².